The molecule has 0 saturated carbocycles. The van der Waals surface area contributed by atoms with E-state index in [2.05, 4.69) is 20.9 Å². The van der Waals surface area contributed by atoms with Crippen molar-refractivity contribution in [3.8, 4) is 0 Å². The Hall–Kier alpha value is -3.09. The van der Waals surface area contributed by atoms with Crippen LogP contribution in [0.25, 0.3) is 0 Å². The molecule has 3 aliphatic rings. The minimum Gasteiger partial charge on any atom is -0.493 e. The standard InChI is InChI=1S/C30H36N4O6.H2O.Yb/c1-38-25-10-4-7-22(28(25)35)19-31-13-16-34(17-14-32-20-23-8-5-11-26(39-2)29(23)36)18-15-33-21-24-9-6-12-27(40-3)30(24)37;;/h4-12,19-21,31-33H,13-18H2,1-3H3;1H2;/b22-19-,23-20+,24-21+;;. The molecule has 0 bridgehead atoms. The van der Waals surface area contributed by atoms with Crippen molar-refractivity contribution in [1.29, 1.82) is 0 Å². The summed E-state index contributed by atoms with van der Waals surface area (Å²) < 4.78 is 15.3. The molecule has 0 fully saturated rings. The van der Waals surface area contributed by atoms with Crippen molar-refractivity contribution in [3.05, 3.63) is 107 Å². The number of ketones is 3. The Kier molecular flexibility index (Phi) is 17.5. The van der Waals surface area contributed by atoms with Crippen molar-refractivity contribution in [2.45, 2.75) is 0 Å². The molecular formula is C30H38N4O7Yb. The summed E-state index contributed by atoms with van der Waals surface area (Å²) in [6.45, 7) is 3.88. The number of Topliss-reactive ketones (excluding diaryl/α,β-unsaturated/α-hetero) is 3. The number of hydrogen-bond donors (Lipinski definition) is 3. The zero-order valence-electron chi connectivity index (χ0n) is 23.8. The first-order chi connectivity index (χ1) is 19.5. The summed E-state index contributed by atoms with van der Waals surface area (Å²) in [5.74, 6) is 0.405. The van der Waals surface area contributed by atoms with Crippen LogP contribution < -0.4 is 16.0 Å². The predicted molar refractivity (Wildman–Crippen MR) is 156 cm³/mol. The number of allylic oxidation sites excluding steroid dienone is 12. The van der Waals surface area contributed by atoms with Gasteiger partial charge in [-0.3, -0.25) is 19.3 Å². The molecule has 42 heavy (non-hydrogen) atoms. The quantitative estimate of drug-likeness (QED) is 0.163. The van der Waals surface area contributed by atoms with Crippen molar-refractivity contribution >= 4 is 17.3 Å². The molecule has 0 unspecified atom stereocenters. The first kappa shape index (κ1) is 36.9. The number of nitrogens with one attached hydrogen (secondary N) is 3. The topological polar surface area (TPSA) is 150 Å². The maximum absolute atomic E-state index is 12.3. The molecule has 234 valence electrons. The Morgan fingerprint density at radius 3 is 1.14 bits per heavy atom. The molecule has 12 heteroatoms. The molecule has 11 nitrogen and oxygen atoms in total. The molecule has 5 N–H and O–H groups in total. The van der Waals surface area contributed by atoms with Crippen molar-refractivity contribution in [3.63, 3.8) is 0 Å². The van der Waals surface area contributed by atoms with Crippen LogP contribution in [0.15, 0.2) is 107 Å². The first-order valence-electron chi connectivity index (χ1n) is 12.9. The summed E-state index contributed by atoms with van der Waals surface area (Å²) in [6.07, 6.45) is 20.5. The van der Waals surface area contributed by atoms with Crippen LogP contribution in [-0.2, 0) is 28.6 Å². The number of nitrogens with zero attached hydrogens (tertiary/aromatic N) is 1. The minimum absolute atomic E-state index is 0. The van der Waals surface area contributed by atoms with Gasteiger partial charge in [0.25, 0.3) is 0 Å². The van der Waals surface area contributed by atoms with Gasteiger partial charge < -0.3 is 35.6 Å². The third kappa shape index (κ3) is 11.0. The van der Waals surface area contributed by atoms with E-state index in [0.29, 0.717) is 73.3 Å². The van der Waals surface area contributed by atoms with Gasteiger partial charge in [-0.2, -0.15) is 0 Å². The average molecular weight is 740 g/mol. The summed E-state index contributed by atoms with van der Waals surface area (Å²) in [6, 6.07) is 0. The largest absolute Gasteiger partial charge is 0.493 e. The Labute approximate surface area is 285 Å². The molecule has 0 amide bonds. The zero-order valence-corrected chi connectivity index (χ0v) is 25.5. The Bertz CT molecular complexity index is 1100. The molecule has 0 atom stereocenters. The molecule has 0 saturated heterocycles. The second kappa shape index (κ2) is 19.9. The fourth-order valence-corrected chi connectivity index (χ4v) is 3.97. The summed E-state index contributed by atoms with van der Waals surface area (Å²) in [5, 5.41) is 9.62. The van der Waals surface area contributed by atoms with Gasteiger partial charge in [-0.15, -0.1) is 0 Å². The van der Waals surface area contributed by atoms with E-state index in [1.165, 1.54) is 21.3 Å². The van der Waals surface area contributed by atoms with Gasteiger partial charge in [-0.25, -0.2) is 0 Å². The number of methoxy groups -OCH3 is 3. The zero-order chi connectivity index (χ0) is 28.7. The van der Waals surface area contributed by atoms with Gasteiger partial charge in [-0.05, 0) is 36.5 Å². The van der Waals surface area contributed by atoms with Crippen molar-refractivity contribution in [2.24, 2.45) is 0 Å². The van der Waals surface area contributed by atoms with Crippen LogP contribution in [-0.4, -0.2) is 88.3 Å². The molecule has 0 aromatic rings. The minimum atomic E-state index is -0.167. The molecule has 3 aliphatic carbocycles. The Balaban J connectivity index is 0.00000441. The molecule has 3 rings (SSSR count). The van der Waals surface area contributed by atoms with E-state index in [-0.39, 0.29) is 69.7 Å². The van der Waals surface area contributed by atoms with E-state index >= 15 is 0 Å². The fourth-order valence-electron chi connectivity index (χ4n) is 3.97. The first-order valence-corrected chi connectivity index (χ1v) is 12.9. The Morgan fingerprint density at radius 2 is 0.881 bits per heavy atom. The van der Waals surface area contributed by atoms with E-state index < -0.39 is 0 Å². The number of rotatable bonds is 15. The number of hydrogen-bond acceptors (Lipinski definition) is 10. The SMILES string of the molecule is COC1=CC=C/C(=C/NCCN(CCN/C=C2\C=CC=C(OC)C2=O)CCN/C=C2\C=CC=C(OC)C2=O)C1=O.O.[Yb]. The van der Waals surface area contributed by atoms with Crippen LogP contribution in [0.3, 0.4) is 0 Å². The maximum atomic E-state index is 12.3. The second-order valence-corrected chi connectivity index (χ2v) is 8.77. The van der Waals surface area contributed by atoms with Gasteiger partial charge in [0, 0.05) is 122 Å². The van der Waals surface area contributed by atoms with Gasteiger partial charge >= 0.3 is 0 Å². The van der Waals surface area contributed by atoms with Crippen LogP contribution in [0.2, 0.25) is 0 Å². The molecule has 0 aromatic carbocycles. The predicted octanol–water partition coefficient (Wildman–Crippen LogP) is 0.892. The maximum Gasteiger partial charge on any atom is 0.228 e. The van der Waals surface area contributed by atoms with Gasteiger partial charge in [-0.1, -0.05) is 18.2 Å². The smallest absolute Gasteiger partial charge is 0.228 e. The third-order valence-electron chi connectivity index (χ3n) is 6.18. The Morgan fingerprint density at radius 1 is 0.595 bits per heavy atom. The molecular weight excluding hydrogens is 701 g/mol. The van der Waals surface area contributed by atoms with E-state index in [4.69, 9.17) is 14.2 Å². The molecule has 0 aliphatic heterocycles. The van der Waals surface area contributed by atoms with Crippen LogP contribution in [0, 0.1) is 46.9 Å². The van der Waals surface area contributed by atoms with E-state index in [9.17, 15) is 14.4 Å². The number of ether oxygens (including phenoxy) is 3. The van der Waals surface area contributed by atoms with Gasteiger partial charge in [0.05, 0.1) is 21.3 Å². The van der Waals surface area contributed by atoms with E-state index in [1.54, 1.807) is 73.3 Å². The van der Waals surface area contributed by atoms with Crippen LogP contribution in [0.1, 0.15) is 0 Å². The summed E-state index contributed by atoms with van der Waals surface area (Å²) in [5.41, 5.74) is 1.57. The van der Waals surface area contributed by atoms with Crippen molar-refractivity contribution in [1.82, 2.24) is 20.9 Å². The molecule has 0 aromatic heterocycles. The average Bonchev–Trinajstić information content (AvgIpc) is 2.97. The summed E-state index contributed by atoms with van der Waals surface area (Å²) in [7, 11) is 4.42. The molecule has 0 radical (unpaired) electrons. The van der Waals surface area contributed by atoms with Crippen LogP contribution in [0.4, 0.5) is 0 Å². The molecule has 0 heterocycles. The number of carbonyl (C=O) groups excluding carboxylic acids is 3. The van der Waals surface area contributed by atoms with Crippen molar-refractivity contribution in [2.75, 3.05) is 60.6 Å². The van der Waals surface area contributed by atoms with E-state index in [0.717, 1.165) is 0 Å². The van der Waals surface area contributed by atoms with Crippen molar-refractivity contribution < 1.29 is 81.0 Å². The summed E-state index contributed by atoms with van der Waals surface area (Å²) >= 11 is 0. The van der Waals surface area contributed by atoms with Gasteiger partial charge in [0.1, 0.15) is 0 Å². The number of carbonyl (C=O) groups is 3. The van der Waals surface area contributed by atoms with E-state index in [1.807, 2.05) is 0 Å². The second-order valence-electron chi connectivity index (χ2n) is 8.77. The van der Waals surface area contributed by atoms with Gasteiger partial charge in [0.2, 0.25) is 17.3 Å². The monoisotopic (exact) mass is 740 g/mol. The summed E-state index contributed by atoms with van der Waals surface area (Å²) in [4.78, 5) is 39.3. The fraction of sp³-hybridized carbons (Fsp3) is 0.300. The van der Waals surface area contributed by atoms with Gasteiger partial charge in [0.15, 0.2) is 17.3 Å². The van der Waals surface area contributed by atoms with Crippen LogP contribution >= 0.6 is 0 Å². The van der Waals surface area contributed by atoms with Crippen LogP contribution in [0.5, 0.6) is 0 Å². The third-order valence-corrected chi connectivity index (χ3v) is 6.18. The normalized spacial score (nSPS) is 18.7. The molecule has 0 spiro atoms.